The summed E-state index contributed by atoms with van der Waals surface area (Å²) in [6, 6.07) is 1.28. The Kier molecular flexibility index (Phi) is 2.82. The molecule has 0 aliphatic carbocycles. The Hall–Kier alpha value is -1.56. The molecule has 1 aromatic carbocycles. The van der Waals surface area contributed by atoms with E-state index in [2.05, 4.69) is 4.98 Å². The molecule has 0 radical (unpaired) electrons. The first-order valence-electron chi connectivity index (χ1n) is 4.36. The molecule has 0 saturated heterocycles. The van der Waals surface area contributed by atoms with Gasteiger partial charge in [-0.1, -0.05) is 0 Å². The highest BCUT2D eigenvalue weighted by Crippen LogP contribution is 2.29. The van der Waals surface area contributed by atoms with Crippen molar-refractivity contribution in [2.45, 2.75) is 0 Å². The predicted molar refractivity (Wildman–Crippen MR) is 56.5 cm³/mol. The fraction of sp³-hybridized carbons (Fsp3) is 0.100. The SMILES string of the molecule is CN(c1cscn1)c1c(F)cc(F)cc1F. The van der Waals surface area contributed by atoms with Crippen molar-refractivity contribution >= 4 is 22.8 Å². The summed E-state index contributed by atoms with van der Waals surface area (Å²) in [5.74, 6) is -2.43. The van der Waals surface area contributed by atoms with E-state index in [1.165, 1.54) is 23.3 Å². The van der Waals surface area contributed by atoms with E-state index in [1.807, 2.05) is 0 Å². The van der Waals surface area contributed by atoms with Crippen molar-refractivity contribution in [3.8, 4) is 0 Å². The van der Waals surface area contributed by atoms with Crippen LogP contribution in [0.4, 0.5) is 24.7 Å². The third kappa shape index (κ3) is 1.88. The molecule has 2 aromatic rings. The summed E-state index contributed by atoms with van der Waals surface area (Å²) in [6.07, 6.45) is 0. The fourth-order valence-corrected chi connectivity index (χ4v) is 1.91. The van der Waals surface area contributed by atoms with Gasteiger partial charge in [0.1, 0.15) is 17.3 Å². The summed E-state index contributed by atoms with van der Waals surface area (Å²) >= 11 is 1.31. The van der Waals surface area contributed by atoms with Gasteiger partial charge in [0.2, 0.25) is 0 Å². The average Bonchev–Trinajstić information content (AvgIpc) is 2.67. The number of hydrogen-bond acceptors (Lipinski definition) is 3. The summed E-state index contributed by atoms with van der Waals surface area (Å²) in [5, 5.41) is 1.64. The van der Waals surface area contributed by atoms with Crippen molar-refractivity contribution in [2.24, 2.45) is 0 Å². The molecular formula is C10H7F3N2S. The van der Waals surface area contributed by atoms with Crippen LogP contribution in [0.5, 0.6) is 0 Å². The Balaban J connectivity index is 2.48. The van der Waals surface area contributed by atoms with Gasteiger partial charge < -0.3 is 4.90 Å². The van der Waals surface area contributed by atoms with Gasteiger partial charge in [0.25, 0.3) is 0 Å². The molecule has 0 bridgehead atoms. The van der Waals surface area contributed by atoms with Gasteiger partial charge in [-0.05, 0) is 0 Å². The molecule has 0 aliphatic heterocycles. The second kappa shape index (κ2) is 4.13. The third-order valence-corrected chi connectivity index (χ3v) is 2.65. The number of nitrogens with zero attached hydrogens (tertiary/aromatic N) is 2. The Bertz CT molecular complexity index is 476. The summed E-state index contributed by atoms with van der Waals surface area (Å²) in [7, 11) is 1.47. The van der Waals surface area contributed by atoms with Crippen LogP contribution >= 0.6 is 11.3 Å². The first-order valence-corrected chi connectivity index (χ1v) is 5.30. The third-order valence-electron chi connectivity index (χ3n) is 2.08. The lowest BCUT2D eigenvalue weighted by Crippen LogP contribution is -2.13. The minimum absolute atomic E-state index is 0.313. The molecule has 0 N–H and O–H groups in total. The van der Waals surface area contributed by atoms with Crippen molar-refractivity contribution < 1.29 is 13.2 Å². The minimum Gasteiger partial charge on any atom is -0.324 e. The van der Waals surface area contributed by atoms with Gasteiger partial charge in [-0.15, -0.1) is 11.3 Å². The van der Waals surface area contributed by atoms with E-state index in [4.69, 9.17) is 0 Å². The molecule has 0 aliphatic rings. The number of rotatable bonds is 2. The zero-order valence-corrected chi connectivity index (χ0v) is 9.06. The lowest BCUT2D eigenvalue weighted by Gasteiger charge is -2.17. The monoisotopic (exact) mass is 244 g/mol. The maximum Gasteiger partial charge on any atom is 0.152 e. The molecule has 0 saturated carbocycles. The smallest absolute Gasteiger partial charge is 0.152 e. The summed E-state index contributed by atoms with van der Waals surface area (Å²) in [4.78, 5) is 5.15. The number of thiazole rings is 1. The molecule has 0 atom stereocenters. The lowest BCUT2D eigenvalue weighted by atomic mass is 10.2. The highest BCUT2D eigenvalue weighted by atomic mass is 32.1. The van der Waals surface area contributed by atoms with E-state index in [1.54, 1.807) is 10.9 Å². The molecule has 1 heterocycles. The van der Waals surface area contributed by atoms with Crippen LogP contribution in [-0.4, -0.2) is 12.0 Å². The van der Waals surface area contributed by atoms with Crippen molar-refractivity contribution in [1.82, 2.24) is 4.98 Å². The summed E-state index contributed by atoms with van der Waals surface area (Å²) < 4.78 is 39.5. The molecule has 2 rings (SSSR count). The molecular weight excluding hydrogens is 237 g/mol. The van der Waals surface area contributed by atoms with Gasteiger partial charge in [0.15, 0.2) is 11.6 Å². The maximum absolute atomic E-state index is 13.4. The molecule has 6 heteroatoms. The van der Waals surface area contributed by atoms with E-state index in [9.17, 15) is 13.2 Å². The lowest BCUT2D eigenvalue weighted by molar-refractivity contribution is 0.544. The van der Waals surface area contributed by atoms with Crippen LogP contribution < -0.4 is 4.90 Å². The van der Waals surface area contributed by atoms with Gasteiger partial charge in [-0.25, -0.2) is 18.2 Å². The normalized spacial score (nSPS) is 10.5. The van der Waals surface area contributed by atoms with E-state index in [-0.39, 0.29) is 5.69 Å². The Morgan fingerprint density at radius 2 is 1.81 bits per heavy atom. The van der Waals surface area contributed by atoms with Gasteiger partial charge in [0, 0.05) is 24.6 Å². The van der Waals surface area contributed by atoms with E-state index in [0.717, 1.165) is 0 Å². The number of anilines is 2. The van der Waals surface area contributed by atoms with Crippen molar-refractivity contribution in [3.05, 3.63) is 40.5 Å². The highest BCUT2D eigenvalue weighted by molar-refractivity contribution is 7.07. The molecule has 0 spiro atoms. The average molecular weight is 244 g/mol. The predicted octanol–water partition coefficient (Wildman–Crippen LogP) is 3.33. The number of hydrogen-bond donors (Lipinski definition) is 0. The second-order valence-corrected chi connectivity index (χ2v) is 3.84. The van der Waals surface area contributed by atoms with Crippen LogP contribution in [-0.2, 0) is 0 Å². The van der Waals surface area contributed by atoms with E-state index >= 15 is 0 Å². The molecule has 2 nitrogen and oxygen atoms in total. The van der Waals surface area contributed by atoms with Crippen LogP contribution in [0.1, 0.15) is 0 Å². The standard InChI is InChI=1S/C10H7F3N2S/c1-15(9-4-16-5-14-9)10-7(12)2-6(11)3-8(10)13/h2-5H,1H3. The van der Waals surface area contributed by atoms with Crippen LogP contribution in [0.15, 0.2) is 23.0 Å². The molecule has 0 fully saturated rings. The largest absolute Gasteiger partial charge is 0.324 e. The quantitative estimate of drug-likeness (QED) is 0.805. The molecule has 0 amide bonds. The van der Waals surface area contributed by atoms with Crippen LogP contribution in [0, 0.1) is 17.5 Å². The van der Waals surface area contributed by atoms with Gasteiger partial charge in [-0.2, -0.15) is 0 Å². The summed E-state index contributed by atoms with van der Waals surface area (Å²) in [6.45, 7) is 0. The molecule has 84 valence electrons. The Morgan fingerprint density at radius 1 is 1.19 bits per heavy atom. The zero-order chi connectivity index (χ0) is 11.7. The van der Waals surface area contributed by atoms with Crippen molar-refractivity contribution in [1.29, 1.82) is 0 Å². The van der Waals surface area contributed by atoms with E-state index < -0.39 is 17.5 Å². The van der Waals surface area contributed by atoms with Gasteiger partial charge >= 0.3 is 0 Å². The molecule has 0 unspecified atom stereocenters. The van der Waals surface area contributed by atoms with Crippen molar-refractivity contribution in [2.75, 3.05) is 11.9 Å². The van der Waals surface area contributed by atoms with Crippen molar-refractivity contribution in [3.63, 3.8) is 0 Å². The van der Waals surface area contributed by atoms with E-state index in [0.29, 0.717) is 18.0 Å². The van der Waals surface area contributed by atoms with Crippen LogP contribution in [0.3, 0.4) is 0 Å². The number of benzene rings is 1. The number of aromatic nitrogens is 1. The topological polar surface area (TPSA) is 16.1 Å². The Labute approximate surface area is 94.0 Å². The summed E-state index contributed by atoms with van der Waals surface area (Å²) in [5.41, 5.74) is 1.23. The first kappa shape index (κ1) is 10.9. The highest BCUT2D eigenvalue weighted by Gasteiger charge is 2.17. The molecule has 16 heavy (non-hydrogen) atoms. The van der Waals surface area contributed by atoms with Gasteiger partial charge in [-0.3, -0.25) is 0 Å². The van der Waals surface area contributed by atoms with Crippen LogP contribution in [0.2, 0.25) is 0 Å². The van der Waals surface area contributed by atoms with Gasteiger partial charge in [0.05, 0.1) is 5.51 Å². The molecule has 1 aromatic heterocycles. The maximum atomic E-state index is 13.4. The zero-order valence-electron chi connectivity index (χ0n) is 8.25. The minimum atomic E-state index is -0.951. The fourth-order valence-electron chi connectivity index (χ4n) is 1.34. The first-order chi connectivity index (χ1) is 7.59. The van der Waals surface area contributed by atoms with Crippen LogP contribution in [0.25, 0.3) is 0 Å². The second-order valence-electron chi connectivity index (χ2n) is 3.12. The Morgan fingerprint density at radius 3 is 2.31 bits per heavy atom. The number of halogens is 3.